The molecule has 0 aliphatic rings. The van der Waals surface area contributed by atoms with Gasteiger partial charge in [-0.25, -0.2) is 0 Å². The summed E-state index contributed by atoms with van der Waals surface area (Å²) in [6.07, 6.45) is 0. The zero-order valence-electron chi connectivity index (χ0n) is 9.64. The SMILES string of the molecule is COCC(N)C(=O)NC(C)c1ccccc1. The van der Waals surface area contributed by atoms with Crippen molar-refractivity contribution in [3.8, 4) is 0 Å². The molecule has 1 aromatic carbocycles. The van der Waals surface area contributed by atoms with Crippen LogP contribution in [0.25, 0.3) is 0 Å². The van der Waals surface area contributed by atoms with Crippen molar-refractivity contribution < 1.29 is 9.53 Å². The minimum Gasteiger partial charge on any atom is -0.383 e. The van der Waals surface area contributed by atoms with Gasteiger partial charge in [0.15, 0.2) is 0 Å². The fourth-order valence-corrected chi connectivity index (χ4v) is 1.40. The molecule has 4 nitrogen and oxygen atoms in total. The molecule has 0 fully saturated rings. The van der Waals surface area contributed by atoms with Crippen LogP contribution in [0.2, 0.25) is 0 Å². The van der Waals surface area contributed by atoms with Gasteiger partial charge in [0.1, 0.15) is 6.04 Å². The lowest BCUT2D eigenvalue weighted by atomic mass is 10.1. The molecule has 4 heteroatoms. The van der Waals surface area contributed by atoms with E-state index in [1.165, 1.54) is 7.11 Å². The van der Waals surface area contributed by atoms with Gasteiger partial charge < -0.3 is 15.8 Å². The molecule has 0 spiro atoms. The van der Waals surface area contributed by atoms with Gasteiger partial charge in [0.25, 0.3) is 0 Å². The predicted octanol–water partition coefficient (Wildman–Crippen LogP) is 0.838. The van der Waals surface area contributed by atoms with Crippen molar-refractivity contribution >= 4 is 5.91 Å². The van der Waals surface area contributed by atoms with Gasteiger partial charge in [-0.3, -0.25) is 4.79 Å². The topological polar surface area (TPSA) is 64.3 Å². The Hall–Kier alpha value is -1.39. The fraction of sp³-hybridized carbons (Fsp3) is 0.417. The highest BCUT2D eigenvalue weighted by molar-refractivity contribution is 5.82. The lowest BCUT2D eigenvalue weighted by molar-refractivity contribution is -0.124. The van der Waals surface area contributed by atoms with Gasteiger partial charge in [-0.2, -0.15) is 0 Å². The van der Waals surface area contributed by atoms with Crippen LogP contribution in [0.5, 0.6) is 0 Å². The Kier molecular flexibility index (Phi) is 4.95. The zero-order chi connectivity index (χ0) is 12.0. The summed E-state index contributed by atoms with van der Waals surface area (Å²) >= 11 is 0. The summed E-state index contributed by atoms with van der Waals surface area (Å²) in [7, 11) is 1.52. The molecule has 3 N–H and O–H groups in total. The smallest absolute Gasteiger partial charge is 0.239 e. The second-order valence-electron chi connectivity index (χ2n) is 3.70. The normalized spacial score (nSPS) is 14.2. The van der Waals surface area contributed by atoms with Crippen molar-refractivity contribution in [2.45, 2.75) is 19.0 Å². The van der Waals surface area contributed by atoms with E-state index in [9.17, 15) is 4.79 Å². The Balaban J connectivity index is 2.51. The number of methoxy groups -OCH3 is 1. The van der Waals surface area contributed by atoms with E-state index in [-0.39, 0.29) is 18.6 Å². The summed E-state index contributed by atoms with van der Waals surface area (Å²) in [5.41, 5.74) is 6.67. The molecule has 1 aromatic rings. The molecule has 2 atom stereocenters. The summed E-state index contributed by atoms with van der Waals surface area (Å²) in [6.45, 7) is 2.15. The van der Waals surface area contributed by atoms with Gasteiger partial charge in [0, 0.05) is 7.11 Å². The van der Waals surface area contributed by atoms with Crippen LogP contribution in [0.4, 0.5) is 0 Å². The minimum absolute atomic E-state index is 0.0448. The third-order valence-electron chi connectivity index (χ3n) is 2.34. The molecular formula is C12H18N2O2. The van der Waals surface area contributed by atoms with Gasteiger partial charge in [0.05, 0.1) is 12.6 Å². The van der Waals surface area contributed by atoms with Crippen LogP contribution in [0.3, 0.4) is 0 Å². The number of hydrogen-bond acceptors (Lipinski definition) is 3. The standard InChI is InChI=1S/C12H18N2O2/c1-9(10-6-4-3-5-7-10)14-12(15)11(13)8-16-2/h3-7,9,11H,8,13H2,1-2H3,(H,14,15). The van der Waals surface area contributed by atoms with E-state index in [2.05, 4.69) is 5.32 Å². The molecule has 0 aliphatic carbocycles. The number of carbonyl (C=O) groups is 1. The Morgan fingerprint density at radius 3 is 2.62 bits per heavy atom. The molecule has 0 bridgehead atoms. The van der Waals surface area contributed by atoms with E-state index in [0.717, 1.165) is 5.56 Å². The van der Waals surface area contributed by atoms with Gasteiger partial charge in [-0.15, -0.1) is 0 Å². The van der Waals surface area contributed by atoms with E-state index in [1.54, 1.807) is 0 Å². The molecule has 0 aromatic heterocycles. The number of rotatable bonds is 5. The van der Waals surface area contributed by atoms with Crippen molar-refractivity contribution in [1.82, 2.24) is 5.32 Å². The lowest BCUT2D eigenvalue weighted by Crippen LogP contribution is -2.44. The fourth-order valence-electron chi connectivity index (χ4n) is 1.40. The maximum absolute atomic E-state index is 11.6. The summed E-state index contributed by atoms with van der Waals surface area (Å²) < 4.78 is 4.83. The van der Waals surface area contributed by atoms with Crippen molar-refractivity contribution in [2.24, 2.45) is 5.73 Å². The average Bonchev–Trinajstić information content (AvgIpc) is 2.30. The van der Waals surface area contributed by atoms with Crippen LogP contribution in [0, 0.1) is 0 Å². The van der Waals surface area contributed by atoms with E-state index >= 15 is 0 Å². The summed E-state index contributed by atoms with van der Waals surface area (Å²) in [5, 5.41) is 2.84. The Morgan fingerprint density at radius 2 is 2.06 bits per heavy atom. The molecule has 2 unspecified atom stereocenters. The first-order chi connectivity index (χ1) is 7.65. The molecule has 0 heterocycles. The Bertz CT molecular complexity index is 327. The number of nitrogens with one attached hydrogen (secondary N) is 1. The number of ether oxygens (including phenoxy) is 1. The van der Waals surface area contributed by atoms with Crippen molar-refractivity contribution in [3.63, 3.8) is 0 Å². The van der Waals surface area contributed by atoms with Crippen LogP contribution in [-0.4, -0.2) is 25.7 Å². The van der Waals surface area contributed by atoms with Crippen LogP contribution < -0.4 is 11.1 Å². The number of hydrogen-bond donors (Lipinski definition) is 2. The number of nitrogens with two attached hydrogens (primary N) is 1. The Labute approximate surface area is 95.8 Å². The molecule has 1 rings (SSSR count). The molecule has 0 aliphatic heterocycles. The van der Waals surface area contributed by atoms with Gasteiger partial charge in [-0.1, -0.05) is 30.3 Å². The monoisotopic (exact) mass is 222 g/mol. The number of benzene rings is 1. The van der Waals surface area contributed by atoms with Crippen LogP contribution in [0.15, 0.2) is 30.3 Å². The zero-order valence-corrected chi connectivity index (χ0v) is 9.64. The first-order valence-electron chi connectivity index (χ1n) is 5.25. The molecule has 88 valence electrons. The first-order valence-corrected chi connectivity index (χ1v) is 5.25. The molecular weight excluding hydrogens is 204 g/mol. The van der Waals surface area contributed by atoms with E-state index in [4.69, 9.17) is 10.5 Å². The van der Waals surface area contributed by atoms with E-state index < -0.39 is 6.04 Å². The molecule has 1 amide bonds. The predicted molar refractivity (Wildman–Crippen MR) is 62.9 cm³/mol. The van der Waals surface area contributed by atoms with E-state index in [1.807, 2.05) is 37.3 Å². The van der Waals surface area contributed by atoms with Crippen LogP contribution in [-0.2, 0) is 9.53 Å². The van der Waals surface area contributed by atoms with E-state index in [0.29, 0.717) is 0 Å². The highest BCUT2D eigenvalue weighted by atomic mass is 16.5. The number of amides is 1. The second kappa shape index (κ2) is 6.25. The van der Waals surface area contributed by atoms with Crippen molar-refractivity contribution in [2.75, 3.05) is 13.7 Å². The van der Waals surface area contributed by atoms with Gasteiger partial charge in [-0.05, 0) is 12.5 Å². The van der Waals surface area contributed by atoms with Gasteiger partial charge in [0.2, 0.25) is 5.91 Å². The molecule has 0 radical (unpaired) electrons. The first kappa shape index (κ1) is 12.7. The minimum atomic E-state index is -0.615. The van der Waals surface area contributed by atoms with Crippen molar-refractivity contribution in [1.29, 1.82) is 0 Å². The summed E-state index contributed by atoms with van der Waals surface area (Å²) in [5.74, 6) is -0.196. The maximum Gasteiger partial charge on any atom is 0.239 e. The molecule has 16 heavy (non-hydrogen) atoms. The number of carbonyl (C=O) groups excluding carboxylic acids is 1. The second-order valence-corrected chi connectivity index (χ2v) is 3.70. The lowest BCUT2D eigenvalue weighted by Gasteiger charge is -2.17. The Morgan fingerprint density at radius 1 is 1.44 bits per heavy atom. The maximum atomic E-state index is 11.6. The quantitative estimate of drug-likeness (QED) is 0.776. The van der Waals surface area contributed by atoms with Crippen LogP contribution >= 0.6 is 0 Å². The molecule has 0 saturated heterocycles. The highest BCUT2D eigenvalue weighted by Gasteiger charge is 2.15. The summed E-state index contributed by atoms with van der Waals surface area (Å²) in [4.78, 5) is 11.6. The molecule has 0 saturated carbocycles. The highest BCUT2D eigenvalue weighted by Crippen LogP contribution is 2.10. The largest absolute Gasteiger partial charge is 0.383 e. The third-order valence-corrected chi connectivity index (χ3v) is 2.34. The van der Waals surface area contributed by atoms with Crippen molar-refractivity contribution in [3.05, 3.63) is 35.9 Å². The van der Waals surface area contributed by atoms with Gasteiger partial charge >= 0.3 is 0 Å². The average molecular weight is 222 g/mol. The third kappa shape index (κ3) is 3.64. The van der Waals surface area contributed by atoms with Crippen LogP contribution in [0.1, 0.15) is 18.5 Å². The summed E-state index contributed by atoms with van der Waals surface area (Å²) in [6, 6.07) is 9.08.